The summed E-state index contributed by atoms with van der Waals surface area (Å²) in [5.74, 6) is 0. The standard InChI is InChI=1S/C21H27N5O4/c1-21(2,3)30-20(28)26(19(27)24-11-10-22)12-9-18-13-23-15-25(18)16-29-14-17-7-5-4-6-8-17/h4-8,13,15H,9,11-12,14,16H2,1-3H3,(H,24,27). The molecule has 0 fully saturated rings. The molecular formula is C21H27N5O4. The van der Waals surface area contributed by atoms with Gasteiger partial charge in [-0.05, 0) is 26.3 Å². The SMILES string of the molecule is CC(C)(C)OC(=O)N(CCc1cncn1COCc1ccccc1)C(=O)NCC#N. The minimum absolute atomic E-state index is 0.0660. The van der Waals surface area contributed by atoms with Crippen LogP contribution in [0, 0.1) is 11.3 Å². The number of nitriles is 1. The van der Waals surface area contributed by atoms with Crippen LogP contribution in [0.15, 0.2) is 42.9 Å². The number of imide groups is 1. The minimum atomic E-state index is -0.774. The van der Waals surface area contributed by atoms with Gasteiger partial charge < -0.3 is 19.4 Å². The summed E-state index contributed by atoms with van der Waals surface area (Å²) in [4.78, 5) is 29.8. The van der Waals surface area contributed by atoms with Gasteiger partial charge in [0.1, 0.15) is 18.9 Å². The Bertz CT molecular complexity index is 868. The van der Waals surface area contributed by atoms with Crippen molar-refractivity contribution in [3.63, 3.8) is 0 Å². The predicted molar refractivity (Wildman–Crippen MR) is 109 cm³/mol. The van der Waals surface area contributed by atoms with Crippen molar-refractivity contribution in [1.82, 2.24) is 19.8 Å². The third-order valence-corrected chi connectivity index (χ3v) is 3.91. The Labute approximate surface area is 176 Å². The first-order chi connectivity index (χ1) is 14.3. The number of carbonyl (C=O) groups excluding carboxylic acids is 2. The van der Waals surface area contributed by atoms with Crippen LogP contribution >= 0.6 is 0 Å². The number of aromatic nitrogens is 2. The van der Waals surface area contributed by atoms with Crippen molar-refractivity contribution >= 4 is 12.1 Å². The van der Waals surface area contributed by atoms with E-state index in [0.29, 0.717) is 13.0 Å². The zero-order valence-electron chi connectivity index (χ0n) is 17.5. The summed E-state index contributed by atoms with van der Waals surface area (Å²) in [7, 11) is 0. The molecule has 0 saturated carbocycles. The van der Waals surface area contributed by atoms with E-state index < -0.39 is 17.7 Å². The van der Waals surface area contributed by atoms with Gasteiger partial charge in [-0.3, -0.25) is 0 Å². The smallest absolute Gasteiger partial charge is 0.418 e. The molecule has 30 heavy (non-hydrogen) atoms. The van der Waals surface area contributed by atoms with E-state index in [2.05, 4.69) is 10.3 Å². The van der Waals surface area contributed by atoms with Crippen molar-refractivity contribution in [2.75, 3.05) is 13.1 Å². The summed E-state index contributed by atoms with van der Waals surface area (Å²) >= 11 is 0. The third kappa shape index (κ3) is 7.56. The van der Waals surface area contributed by atoms with Crippen molar-refractivity contribution < 1.29 is 19.1 Å². The summed E-state index contributed by atoms with van der Waals surface area (Å²) in [6.45, 7) is 5.76. The van der Waals surface area contributed by atoms with Crippen molar-refractivity contribution in [3.8, 4) is 6.07 Å². The van der Waals surface area contributed by atoms with Gasteiger partial charge >= 0.3 is 12.1 Å². The number of ether oxygens (including phenoxy) is 2. The van der Waals surface area contributed by atoms with Crippen molar-refractivity contribution in [3.05, 3.63) is 54.1 Å². The van der Waals surface area contributed by atoms with E-state index in [1.807, 2.05) is 41.0 Å². The molecule has 1 aromatic carbocycles. The van der Waals surface area contributed by atoms with E-state index in [0.717, 1.165) is 16.2 Å². The highest BCUT2D eigenvalue weighted by molar-refractivity contribution is 5.91. The third-order valence-electron chi connectivity index (χ3n) is 3.91. The van der Waals surface area contributed by atoms with E-state index in [1.54, 1.807) is 33.3 Å². The average Bonchev–Trinajstić information content (AvgIpc) is 3.13. The van der Waals surface area contributed by atoms with Gasteiger partial charge in [-0.25, -0.2) is 19.5 Å². The maximum absolute atomic E-state index is 12.4. The number of hydrogen-bond acceptors (Lipinski definition) is 6. The van der Waals surface area contributed by atoms with Crippen LogP contribution in [-0.2, 0) is 29.2 Å². The maximum Gasteiger partial charge on any atom is 0.418 e. The molecular weight excluding hydrogens is 386 g/mol. The molecule has 0 bridgehead atoms. The number of carbonyl (C=O) groups is 2. The van der Waals surface area contributed by atoms with Gasteiger partial charge in [0.25, 0.3) is 0 Å². The molecule has 2 aromatic rings. The summed E-state index contributed by atoms with van der Waals surface area (Å²) in [5.41, 5.74) is 1.10. The predicted octanol–water partition coefficient (Wildman–Crippen LogP) is 3.07. The van der Waals surface area contributed by atoms with Crippen molar-refractivity contribution in [1.29, 1.82) is 5.26 Å². The van der Waals surface area contributed by atoms with Crippen LogP contribution in [0.5, 0.6) is 0 Å². The van der Waals surface area contributed by atoms with E-state index >= 15 is 0 Å². The number of benzene rings is 1. The van der Waals surface area contributed by atoms with Crippen molar-refractivity contribution in [2.45, 2.75) is 46.1 Å². The van der Waals surface area contributed by atoms with Crippen LogP contribution in [0.4, 0.5) is 9.59 Å². The molecule has 0 aliphatic heterocycles. The Morgan fingerprint density at radius 2 is 2.00 bits per heavy atom. The quantitative estimate of drug-likeness (QED) is 0.666. The zero-order chi connectivity index (χ0) is 22.0. The van der Waals surface area contributed by atoms with E-state index in [9.17, 15) is 9.59 Å². The van der Waals surface area contributed by atoms with Crippen LogP contribution in [-0.4, -0.2) is 45.3 Å². The van der Waals surface area contributed by atoms with Gasteiger partial charge in [0.05, 0.1) is 19.0 Å². The number of amides is 3. The second kappa shape index (κ2) is 11.0. The molecule has 1 heterocycles. The van der Waals surface area contributed by atoms with Crippen LogP contribution in [0.2, 0.25) is 0 Å². The fraction of sp³-hybridized carbons (Fsp3) is 0.429. The number of nitrogens with zero attached hydrogens (tertiary/aromatic N) is 4. The lowest BCUT2D eigenvalue weighted by Crippen LogP contribution is -2.47. The summed E-state index contributed by atoms with van der Waals surface area (Å²) in [6.07, 6.45) is 2.87. The van der Waals surface area contributed by atoms with Gasteiger partial charge in [-0.15, -0.1) is 0 Å². The number of imidazole rings is 1. The highest BCUT2D eigenvalue weighted by atomic mass is 16.6. The van der Waals surface area contributed by atoms with Gasteiger partial charge in [0, 0.05) is 24.9 Å². The Morgan fingerprint density at radius 3 is 2.67 bits per heavy atom. The molecule has 1 aromatic heterocycles. The number of hydrogen-bond donors (Lipinski definition) is 1. The largest absolute Gasteiger partial charge is 0.443 e. The normalized spacial score (nSPS) is 10.9. The first-order valence-corrected chi connectivity index (χ1v) is 9.56. The van der Waals surface area contributed by atoms with Crippen LogP contribution in [0.3, 0.4) is 0 Å². The second-order valence-electron chi connectivity index (χ2n) is 7.52. The second-order valence-corrected chi connectivity index (χ2v) is 7.52. The molecule has 2 rings (SSSR count). The molecule has 0 spiro atoms. The molecule has 0 unspecified atom stereocenters. The Balaban J connectivity index is 1.97. The molecule has 1 N–H and O–H groups in total. The molecule has 0 aliphatic rings. The minimum Gasteiger partial charge on any atom is -0.443 e. The molecule has 3 amide bonds. The highest BCUT2D eigenvalue weighted by Crippen LogP contribution is 2.12. The van der Waals surface area contributed by atoms with Crippen LogP contribution < -0.4 is 5.32 Å². The molecule has 0 aliphatic carbocycles. The van der Waals surface area contributed by atoms with Gasteiger partial charge in [-0.2, -0.15) is 5.26 Å². The molecule has 0 saturated heterocycles. The van der Waals surface area contributed by atoms with E-state index in [4.69, 9.17) is 14.7 Å². The molecule has 0 radical (unpaired) electrons. The zero-order valence-corrected chi connectivity index (χ0v) is 17.5. The van der Waals surface area contributed by atoms with E-state index in [1.165, 1.54) is 0 Å². The van der Waals surface area contributed by atoms with E-state index in [-0.39, 0.29) is 19.8 Å². The lowest BCUT2D eigenvalue weighted by Gasteiger charge is -2.26. The highest BCUT2D eigenvalue weighted by Gasteiger charge is 2.27. The van der Waals surface area contributed by atoms with Gasteiger partial charge in [-0.1, -0.05) is 30.3 Å². The fourth-order valence-electron chi connectivity index (χ4n) is 2.54. The monoisotopic (exact) mass is 413 g/mol. The lowest BCUT2D eigenvalue weighted by molar-refractivity contribution is 0.0321. The lowest BCUT2D eigenvalue weighted by atomic mass is 10.2. The summed E-state index contributed by atoms with van der Waals surface area (Å²) < 4.78 is 12.8. The number of urea groups is 1. The van der Waals surface area contributed by atoms with Crippen LogP contribution in [0.1, 0.15) is 32.0 Å². The van der Waals surface area contributed by atoms with Crippen molar-refractivity contribution in [2.24, 2.45) is 0 Å². The molecule has 9 heteroatoms. The maximum atomic E-state index is 12.4. The average molecular weight is 413 g/mol. The molecule has 9 nitrogen and oxygen atoms in total. The molecule has 0 atom stereocenters. The fourth-order valence-corrected chi connectivity index (χ4v) is 2.54. The first-order valence-electron chi connectivity index (χ1n) is 9.56. The topological polar surface area (TPSA) is 109 Å². The summed E-state index contributed by atoms with van der Waals surface area (Å²) in [6, 6.07) is 10.9. The number of rotatable bonds is 8. The van der Waals surface area contributed by atoms with Gasteiger partial charge in [0.2, 0.25) is 0 Å². The number of nitrogens with one attached hydrogen (secondary N) is 1. The molecule has 160 valence electrons. The van der Waals surface area contributed by atoms with Crippen LogP contribution in [0.25, 0.3) is 0 Å². The first kappa shape index (κ1) is 22.9. The Hall–Kier alpha value is -3.38. The van der Waals surface area contributed by atoms with Gasteiger partial charge in [0.15, 0.2) is 0 Å². The Kier molecular flexibility index (Phi) is 8.38. The summed E-state index contributed by atoms with van der Waals surface area (Å²) in [5, 5.41) is 11.1. The Morgan fingerprint density at radius 1 is 1.27 bits per heavy atom.